The maximum absolute atomic E-state index is 12.1. The van der Waals surface area contributed by atoms with Crippen LogP contribution in [0.4, 0.5) is 5.82 Å². The molecule has 0 bridgehead atoms. The van der Waals surface area contributed by atoms with Gasteiger partial charge in [0, 0.05) is 36.5 Å². The van der Waals surface area contributed by atoms with Crippen molar-refractivity contribution < 1.29 is 13.2 Å². The lowest BCUT2D eigenvalue weighted by atomic mass is 9.90. The van der Waals surface area contributed by atoms with Gasteiger partial charge in [0.2, 0.25) is 0 Å². The molecule has 1 heterocycles. The van der Waals surface area contributed by atoms with Crippen LogP contribution in [0.15, 0.2) is 12.1 Å². The van der Waals surface area contributed by atoms with Crippen molar-refractivity contribution in [2.75, 3.05) is 30.9 Å². The van der Waals surface area contributed by atoms with Crippen LogP contribution in [0.1, 0.15) is 36.8 Å². The number of nitrogens with zero attached hydrogens (tertiary/aromatic N) is 1. The first kappa shape index (κ1) is 17.4. The number of sulfone groups is 1. The maximum atomic E-state index is 12.1. The van der Waals surface area contributed by atoms with Gasteiger partial charge in [-0.1, -0.05) is 20.8 Å². The maximum Gasteiger partial charge on any atom is 0.251 e. The van der Waals surface area contributed by atoms with Gasteiger partial charge in [-0.25, -0.2) is 13.4 Å². The van der Waals surface area contributed by atoms with Crippen LogP contribution in [-0.2, 0) is 15.3 Å². The zero-order valence-electron chi connectivity index (χ0n) is 13.1. The Morgan fingerprint density at radius 1 is 1.29 bits per heavy atom. The SMILES string of the molecule is CNc1cc(C(=O)NCCS(C)(=O)=O)cc(C(C)(C)C)n1. The molecule has 1 aromatic rings. The molecule has 1 amide bonds. The molecule has 1 aromatic heterocycles. The van der Waals surface area contributed by atoms with Crippen LogP contribution < -0.4 is 10.6 Å². The zero-order chi connectivity index (χ0) is 16.3. The fourth-order valence-electron chi connectivity index (χ4n) is 1.63. The molecule has 6 nitrogen and oxygen atoms in total. The lowest BCUT2D eigenvalue weighted by Crippen LogP contribution is -2.29. The van der Waals surface area contributed by atoms with E-state index < -0.39 is 9.84 Å². The lowest BCUT2D eigenvalue weighted by molar-refractivity contribution is 0.0956. The highest BCUT2D eigenvalue weighted by molar-refractivity contribution is 7.90. The van der Waals surface area contributed by atoms with Crippen molar-refractivity contribution in [2.24, 2.45) is 0 Å². The van der Waals surface area contributed by atoms with E-state index in [1.807, 2.05) is 20.8 Å². The van der Waals surface area contributed by atoms with Crippen LogP contribution >= 0.6 is 0 Å². The summed E-state index contributed by atoms with van der Waals surface area (Å²) in [4.78, 5) is 16.6. The van der Waals surface area contributed by atoms with Gasteiger partial charge in [-0.3, -0.25) is 4.79 Å². The zero-order valence-corrected chi connectivity index (χ0v) is 14.0. The van der Waals surface area contributed by atoms with E-state index in [-0.39, 0.29) is 23.6 Å². The number of hydrogen-bond donors (Lipinski definition) is 2. The first-order valence-electron chi connectivity index (χ1n) is 6.69. The van der Waals surface area contributed by atoms with Gasteiger partial charge in [-0.15, -0.1) is 0 Å². The third kappa shape index (κ3) is 5.71. The van der Waals surface area contributed by atoms with Crippen LogP contribution in [0.5, 0.6) is 0 Å². The predicted octanol–water partition coefficient (Wildman–Crippen LogP) is 1.20. The molecule has 0 atom stereocenters. The molecule has 0 aliphatic heterocycles. The summed E-state index contributed by atoms with van der Waals surface area (Å²) in [5.74, 6) is 0.230. The highest BCUT2D eigenvalue weighted by Gasteiger charge is 2.19. The van der Waals surface area contributed by atoms with E-state index in [4.69, 9.17) is 0 Å². The van der Waals surface area contributed by atoms with E-state index in [0.29, 0.717) is 11.4 Å². The fourth-order valence-corrected chi connectivity index (χ4v) is 2.10. The summed E-state index contributed by atoms with van der Waals surface area (Å²) in [6.45, 7) is 6.14. The van der Waals surface area contributed by atoms with E-state index in [1.54, 1.807) is 19.2 Å². The van der Waals surface area contributed by atoms with Crippen molar-refractivity contribution in [1.29, 1.82) is 0 Å². The van der Waals surface area contributed by atoms with E-state index in [1.165, 1.54) is 0 Å². The monoisotopic (exact) mass is 313 g/mol. The second-order valence-corrected chi connectivity index (χ2v) is 8.27. The Morgan fingerprint density at radius 3 is 2.38 bits per heavy atom. The molecule has 21 heavy (non-hydrogen) atoms. The van der Waals surface area contributed by atoms with Crippen molar-refractivity contribution in [3.8, 4) is 0 Å². The molecular weight excluding hydrogens is 290 g/mol. The molecule has 0 spiro atoms. The third-order valence-electron chi connectivity index (χ3n) is 2.87. The molecular formula is C14H23N3O3S. The highest BCUT2D eigenvalue weighted by Crippen LogP contribution is 2.23. The average molecular weight is 313 g/mol. The Hall–Kier alpha value is -1.63. The minimum absolute atomic E-state index is 0.0746. The number of rotatable bonds is 5. The number of carbonyl (C=O) groups excluding carboxylic acids is 1. The van der Waals surface area contributed by atoms with Crippen molar-refractivity contribution in [3.05, 3.63) is 23.4 Å². The molecule has 0 fully saturated rings. The first-order valence-corrected chi connectivity index (χ1v) is 8.75. The Labute approximate surface area is 126 Å². The quantitative estimate of drug-likeness (QED) is 0.852. The fraction of sp³-hybridized carbons (Fsp3) is 0.571. The Bertz CT molecular complexity index is 619. The second-order valence-electron chi connectivity index (χ2n) is 6.01. The van der Waals surface area contributed by atoms with Gasteiger partial charge in [-0.05, 0) is 12.1 Å². The molecule has 0 aromatic carbocycles. The number of amides is 1. The van der Waals surface area contributed by atoms with Crippen molar-refractivity contribution in [3.63, 3.8) is 0 Å². The number of anilines is 1. The topological polar surface area (TPSA) is 88.2 Å². The lowest BCUT2D eigenvalue weighted by Gasteiger charge is -2.19. The molecule has 0 aliphatic carbocycles. The van der Waals surface area contributed by atoms with Gasteiger partial charge in [0.05, 0.1) is 5.75 Å². The number of nitrogens with one attached hydrogen (secondary N) is 2. The minimum Gasteiger partial charge on any atom is -0.373 e. The van der Waals surface area contributed by atoms with Crippen LogP contribution in [0.25, 0.3) is 0 Å². The van der Waals surface area contributed by atoms with Gasteiger partial charge in [-0.2, -0.15) is 0 Å². The summed E-state index contributed by atoms with van der Waals surface area (Å²) >= 11 is 0. The summed E-state index contributed by atoms with van der Waals surface area (Å²) < 4.78 is 22.1. The Kier molecular flexibility index (Phi) is 5.33. The van der Waals surface area contributed by atoms with Crippen molar-refractivity contribution >= 4 is 21.6 Å². The van der Waals surface area contributed by atoms with Gasteiger partial charge in [0.15, 0.2) is 0 Å². The minimum atomic E-state index is -3.09. The molecule has 0 aliphatic rings. The average Bonchev–Trinajstić information content (AvgIpc) is 2.35. The predicted molar refractivity (Wildman–Crippen MR) is 84.5 cm³/mol. The van der Waals surface area contributed by atoms with Crippen molar-refractivity contribution in [2.45, 2.75) is 26.2 Å². The van der Waals surface area contributed by atoms with E-state index in [9.17, 15) is 13.2 Å². The number of hydrogen-bond acceptors (Lipinski definition) is 5. The van der Waals surface area contributed by atoms with Gasteiger partial charge < -0.3 is 10.6 Å². The molecule has 0 saturated heterocycles. The van der Waals surface area contributed by atoms with Gasteiger partial charge in [0.1, 0.15) is 15.7 Å². The second kappa shape index (κ2) is 6.43. The van der Waals surface area contributed by atoms with Gasteiger partial charge >= 0.3 is 0 Å². The smallest absolute Gasteiger partial charge is 0.251 e. The van der Waals surface area contributed by atoms with Gasteiger partial charge in [0.25, 0.3) is 5.91 Å². The molecule has 1 rings (SSSR count). The Balaban J connectivity index is 2.93. The summed E-state index contributed by atoms with van der Waals surface area (Å²) in [5, 5.41) is 5.54. The van der Waals surface area contributed by atoms with Crippen LogP contribution in [0.3, 0.4) is 0 Å². The van der Waals surface area contributed by atoms with Crippen LogP contribution in [0.2, 0.25) is 0 Å². The summed E-state index contributed by atoms with van der Waals surface area (Å²) in [7, 11) is -1.35. The molecule has 2 N–H and O–H groups in total. The van der Waals surface area contributed by atoms with E-state index in [0.717, 1.165) is 11.9 Å². The molecule has 118 valence electrons. The van der Waals surface area contributed by atoms with E-state index in [2.05, 4.69) is 15.6 Å². The molecule has 7 heteroatoms. The molecule has 0 saturated carbocycles. The summed E-state index contributed by atoms with van der Waals surface area (Å²) in [5.41, 5.74) is 1.07. The van der Waals surface area contributed by atoms with E-state index >= 15 is 0 Å². The third-order valence-corrected chi connectivity index (χ3v) is 3.82. The highest BCUT2D eigenvalue weighted by atomic mass is 32.2. The summed E-state index contributed by atoms with van der Waals surface area (Å²) in [6.07, 6.45) is 1.14. The molecule has 0 radical (unpaired) electrons. The number of pyridine rings is 1. The number of aromatic nitrogens is 1. The Morgan fingerprint density at radius 2 is 1.90 bits per heavy atom. The summed E-state index contributed by atoms with van der Waals surface area (Å²) in [6, 6.07) is 3.38. The standard InChI is InChI=1S/C14H23N3O3S/c1-14(2,3)11-8-10(9-12(15-4)17-11)13(18)16-6-7-21(5,19)20/h8-9H,6-7H2,1-5H3,(H,15,17)(H,16,18). The number of carbonyl (C=O) groups is 1. The van der Waals surface area contributed by atoms with Crippen molar-refractivity contribution in [1.82, 2.24) is 10.3 Å². The normalized spacial score (nSPS) is 12.0. The largest absolute Gasteiger partial charge is 0.373 e. The van der Waals surface area contributed by atoms with Crippen LogP contribution in [-0.4, -0.2) is 44.9 Å². The molecule has 0 unspecified atom stereocenters. The van der Waals surface area contributed by atoms with Crippen LogP contribution in [0, 0.1) is 0 Å². The first-order chi connectivity index (χ1) is 9.53.